The second-order valence-electron chi connectivity index (χ2n) is 6.72. The Morgan fingerprint density at radius 2 is 1.40 bits per heavy atom. The molecule has 2 aromatic carbocycles. The first-order chi connectivity index (χ1) is 14.3. The molecule has 160 valence electrons. The summed E-state index contributed by atoms with van der Waals surface area (Å²) in [5.74, 6) is -1.28. The van der Waals surface area contributed by atoms with Gasteiger partial charge in [-0.2, -0.15) is 0 Å². The molecule has 0 saturated carbocycles. The average Bonchev–Trinajstić information content (AvgIpc) is 2.73. The molecule has 30 heavy (non-hydrogen) atoms. The molecular weight excluding hydrogens is 391 g/mol. The third-order valence-electron chi connectivity index (χ3n) is 4.45. The number of esters is 1. The van der Waals surface area contributed by atoms with Crippen LogP contribution in [0.15, 0.2) is 48.5 Å². The van der Waals surface area contributed by atoms with Crippen molar-refractivity contribution in [2.75, 3.05) is 14.2 Å². The van der Waals surface area contributed by atoms with Gasteiger partial charge in [-0.1, -0.05) is 24.3 Å². The van der Waals surface area contributed by atoms with E-state index in [9.17, 15) is 18.8 Å². The highest BCUT2D eigenvalue weighted by molar-refractivity contribution is 5.90. The van der Waals surface area contributed by atoms with Crippen LogP contribution in [0.2, 0.25) is 0 Å². The molecule has 0 aliphatic rings. The number of carbonyl (C=O) groups excluding carboxylic acids is 3. The van der Waals surface area contributed by atoms with E-state index in [0.29, 0.717) is 11.3 Å². The fraction of sp³-hybridized carbons (Fsp3) is 0.318. The molecule has 7 nitrogen and oxygen atoms in total. The Morgan fingerprint density at radius 3 is 1.90 bits per heavy atom. The van der Waals surface area contributed by atoms with Crippen LogP contribution in [0.5, 0.6) is 5.75 Å². The summed E-state index contributed by atoms with van der Waals surface area (Å²) in [5, 5.41) is 5.22. The molecule has 0 bridgehead atoms. The molecule has 2 atom stereocenters. The van der Waals surface area contributed by atoms with Gasteiger partial charge in [0.1, 0.15) is 23.7 Å². The summed E-state index contributed by atoms with van der Waals surface area (Å²) in [4.78, 5) is 36.6. The molecule has 2 rings (SSSR count). The summed E-state index contributed by atoms with van der Waals surface area (Å²) < 4.78 is 23.1. The van der Waals surface area contributed by atoms with Crippen molar-refractivity contribution in [2.45, 2.75) is 31.8 Å². The number of hydrogen-bond acceptors (Lipinski definition) is 5. The van der Waals surface area contributed by atoms with Gasteiger partial charge in [-0.15, -0.1) is 0 Å². The van der Waals surface area contributed by atoms with Gasteiger partial charge in [0.15, 0.2) is 0 Å². The molecule has 0 aliphatic carbocycles. The molecular formula is C22H25FN2O5. The minimum Gasteiger partial charge on any atom is -0.497 e. The van der Waals surface area contributed by atoms with E-state index in [4.69, 9.17) is 9.47 Å². The standard InChI is InChI=1S/C22H25FN2O5/c1-14(26)24-19(12-15-4-8-17(23)9-5-15)21(27)25-20(22(28)30-3)13-16-6-10-18(29-2)11-7-16/h4-11,19-20H,12-13H2,1-3H3,(H,24,26)(H,25,27)/t19-,20-/m0/s1. The lowest BCUT2D eigenvalue weighted by molar-refractivity contribution is -0.145. The Morgan fingerprint density at radius 1 is 0.867 bits per heavy atom. The van der Waals surface area contributed by atoms with Gasteiger partial charge in [0.25, 0.3) is 0 Å². The van der Waals surface area contributed by atoms with E-state index in [1.54, 1.807) is 31.4 Å². The van der Waals surface area contributed by atoms with Crippen molar-refractivity contribution in [2.24, 2.45) is 0 Å². The van der Waals surface area contributed by atoms with Crippen molar-refractivity contribution < 1.29 is 28.2 Å². The fourth-order valence-corrected chi connectivity index (χ4v) is 2.92. The van der Waals surface area contributed by atoms with Gasteiger partial charge in [-0.3, -0.25) is 9.59 Å². The second kappa shape index (κ2) is 10.9. The highest BCUT2D eigenvalue weighted by Gasteiger charge is 2.27. The molecule has 0 aromatic heterocycles. The molecule has 0 unspecified atom stereocenters. The van der Waals surface area contributed by atoms with Crippen LogP contribution in [0.4, 0.5) is 4.39 Å². The molecule has 0 radical (unpaired) electrons. The first-order valence-corrected chi connectivity index (χ1v) is 9.35. The Bertz CT molecular complexity index is 868. The van der Waals surface area contributed by atoms with Crippen LogP contribution in [0.25, 0.3) is 0 Å². The van der Waals surface area contributed by atoms with Crippen molar-refractivity contribution in [3.63, 3.8) is 0 Å². The smallest absolute Gasteiger partial charge is 0.328 e. The lowest BCUT2D eigenvalue weighted by Crippen LogP contribution is -2.53. The molecule has 2 N–H and O–H groups in total. The van der Waals surface area contributed by atoms with Gasteiger partial charge in [0.05, 0.1) is 14.2 Å². The molecule has 0 spiro atoms. The Labute approximate surface area is 174 Å². The van der Waals surface area contributed by atoms with E-state index < -0.39 is 35.7 Å². The molecule has 2 amide bonds. The summed E-state index contributed by atoms with van der Waals surface area (Å²) >= 11 is 0. The number of carbonyl (C=O) groups is 3. The van der Waals surface area contributed by atoms with Gasteiger partial charge >= 0.3 is 5.97 Å². The topological polar surface area (TPSA) is 93.7 Å². The van der Waals surface area contributed by atoms with E-state index in [1.165, 1.54) is 38.3 Å². The molecule has 0 aliphatic heterocycles. The van der Waals surface area contributed by atoms with E-state index in [-0.39, 0.29) is 12.8 Å². The van der Waals surface area contributed by atoms with Crippen LogP contribution < -0.4 is 15.4 Å². The quantitative estimate of drug-likeness (QED) is 0.608. The average molecular weight is 416 g/mol. The lowest BCUT2D eigenvalue weighted by Gasteiger charge is -2.22. The van der Waals surface area contributed by atoms with Crippen molar-refractivity contribution in [3.8, 4) is 5.75 Å². The van der Waals surface area contributed by atoms with E-state index >= 15 is 0 Å². The van der Waals surface area contributed by atoms with Gasteiger partial charge < -0.3 is 20.1 Å². The summed E-state index contributed by atoms with van der Waals surface area (Å²) in [6.07, 6.45) is 0.341. The Balaban J connectivity index is 2.14. The maximum absolute atomic E-state index is 13.1. The van der Waals surface area contributed by atoms with E-state index in [1.807, 2.05) is 0 Å². The van der Waals surface area contributed by atoms with Gasteiger partial charge in [0.2, 0.25) is 11.8 Å². The SMILES string of the molecule is COC(=O)[C@H](Cc1ccc(OC)cc1)NC(=O)[C@H](Cc1ccc(F)cc1)NC(C)=O. The third kappa shape index (κ3) is 6.88. The number of hydrogen-bond donors (Lipinski definition) is 2. The maximum Gasteiger partial charge on any atom is 0.328 e. The van der Waals surface area contributed by atoms with Crippen LogP contribution in [-0.4, -0.2) is 44.1 Å². The van der Waals surface area contributed by atoms with Crippen molar-refractivity contribution >= 4 is 17.8 Å². The van der Waals surface area contributed by atoms with Crippen LogP contribution in [0.3, 0.4) is 0 Å². The predicted molar refractivity (Wildman–Crippen MR) is 108 cm³/mol. The minimum absolute atomic E-state index is 0.141. The van der Waals surface area contributed by atoms with Crippen LogP contribution in [0, 0.1) is 5.82 Å². The summed E-state index contributed by atoms with van der Waals surface area (Å²) in [6, 6.07) is 10.8. The predicted octanol–water partition coefficient (Wildman–Crippen LogP) is 1.78. The van der Waals surface area contributed by atoms with Crippen LogP contribution in [-0.2, 0) is 32.0 Å². The van der Waals surface area contributed by atoms with Crippen molar-refractivity contribution in [3.05, 3.63) is 65.5 Å². The normalized spacial score (nSPS) is 12.4. The first kappa shape index (κ1) is 22.9. The zero-order chi connectivity index (χ0) is 22.1. The number of ether oxygens (including phenoxy) is 2. The largest absolute Gasteiger partial charge is 0.497 e. The third-order valence-corrected chi connectivity index (χ3v) is 4.45. The Hall–Kier alpha value is -3.42. The highest BCUT2D eigenvalue weighted by atomic mass is 19.1. The van der Waals surface area contributed by atoms with E-state index in [0.717, 1.165) is 5.56 Å². The van der Waals surface area contributed by atoms with Crippen molar-refractivity contribution in [1.29, 1.82) is 0 Å². The fourth-order valence-electron chi connectivity index (χ4n) is 2.92. The number of amides is 2. The number of rotatable bonds is 9. The van der Waals surface area contributed by atoms with Crippen LogP contribution in [0.1, 0.15) is 18.1 Å². The van der Waals surface area contributed by atoms with Crippen molar-refractivity contribution in [1.82, 2.24) is 10.6 Å². The van der Waals surface area contributed by atoms with Gasteiger partial charge in [0, 0.05) is 19.8 Å². The molecule has 2 aromatic rings. The number of methoxy groups -OCH3 is 2. The molecule has 0 heterocycles. The summed E-state index contributed by atoms with van der Waals surface area (Å²) in [6.45, 7) is 1.29. The monoisotopic (exact) mass is 416 g/mol. The number of nitrogens with one attached hydrogen (secondary N) is 2. The Kier molecular flexibility index (Phi) is 8.34. The highest BCUT2D eigenvalue weighted by Crippen LogP contribution is 2.13. The van der Waals surface area contributed by atoms with Crippen LogP contribution >= 0.6 is 0 Å². The van der Waals surface area contributed by atoms with Gasteiger partial charge in [-0.05, 0) is 35.4 Å². The van der Waals surface area contributed by atoms with Gasteiger partial charge in [-0.25, -0.2) is 9.18 Å². The number of halogens is 1. The molecule has 0 fully saturated rings. The second-order valence-corrected chi connectivity index (χ2v) is 6.72. The minimum atomic E-state index is -0.944. The molecule has 0 saturated heterocycles. The van der Waals surface area contributed by atoms with E-state index in [2.05, 4.69) is 10.6 Å². The first-order valence-electron chi connectivity index (χ1n) is 9.35. The summed E-state index contributed by atoms with van der Waals surface area (Å²) in [5.41, 5.74) is 1.45. The lowest BCUT2D eigenvalue weighted by atomic mass is 10.0. The zero-order valence-electron chi connectivity index (χ0n) is 17.1. The summed E-state index contributed by atoms with van der Waals surface area (Å²) in [7, 11) is 2.79. The zero-order valence-corrected chi connectivity index (χ0v) is 17.1. The number of benzene rings is 2. The molecule has 8 heteroatoms. The maximum atomic E-state index is 13.1.